The van der Waals surface area contributed by atoms with Gasteiger partial charge in [-0.2, -0.15) is 0 Å². The van der Waals surface area contributed by atoms with Crippen LogP contribution in [-0.4, -0.2) is 44.6 Å². The number of carboxylic acid groups (broad SMARTS) is 1. The Morgan fingerprint density at radius 1 is 1.30 bits per heavy atom. The van der Waals surface area contributed by atoms with Crippen LogP contribution in [-0.2, 0) is 14.3 Å². The molecular weight excluding hydrogens is 267 g/mol. The van der Waals surface area contributed by atoms with Crippen molar-refractivity contribution < 1.29 is 28.5 Å². The number of hydrogen-bond donors (Lipinski definition) is 1. The second-order valence-corrected chi connectivity index (χ2v) is 3.81. The van der Waals surface area contributed by atoms with Gasteiger partial charge in [-0.05, 0) is 24.3 Å². The van der Waals surface area contributed by atoms with E-state index in [1.54, 1.807) is 7.11 Å². The summed E-state index contributed by atoms with van der Waals surface area (Å²) in [7, 11) is 1.58. The molecule has 110 valence electrons. The van der Waals surface area contributed by atoms with Gasteiger partial charge in [0.2, 0.25) is 0 Å². The highest BCUT2D eigenvalue weighted by Gasteiger charge is 2.03. The lowest BCUT2D eigenvalue weighted by Gasteiger charge is -2.09. The van der Waals surface area contributed by atoms with E-state index in [0.29, 0.717) is 31.1 Å². The molecule has 0 atom stereocenters. The Morgan fingerprint density at radius 2 is 2.05 bits per heavy atom. The molecule has 0 aliphatic rings. The molecule has 1 aromatic carbocycles. The summed E-state index contributed by atoms with van der Waals surface area (Å²) in [5.74, 6) is -1.17. The van der Waals surface area contributed by atoms with Crippen molar-refractivity contribution in [2.75, 3.05) is 33.5 Å². The monoisotopic (exact) mass is 284 g/mol. The lowest BCUT2D eigenvalue weighted by molar-refractivity contribution is -0.131. The van der Waals surface area contributed by atoms with Crippen LogP contribution in [0.5, 0.6) is 5.75 Å². The standard InChI is InChI=1S/C14H17FO5/c1-18-6-7-19-8-9-20-13-4-3-12(15)10-11(13)2-5-14(16)17/h2-5,10H,6-9H2,1H3,(H,16,17)/b5-2+. The molecule has 1 rings (SSSR count). The highest BCUT2D eigenvalue weighted by Crippen LogP contribution is 2.21. The molecule has 0 heterocycles. The topological polar surface area (TPSA) is 65.0 Å². The second-order valence-electron chi connectivity index (χ2n) is 3.81. The Labute approximate surface area is 116 Å². The van der Waals surface area contributed by atoms with Gasteiger partial charge < -0.3 is 19.3 Å². The fraction of sp³-hybridized carbons (Fsp3) is 0.357. The van der Waals surface area contributed by atoms with Gasteiger partial charge >= 0.3 is 5.97 Å². The average molecular weight is 284 g/mol. The van der Waals surface area contributed by atoms with Crippen molar-refractivity contribution in [2.24, 2.45) is 0 Å². The molecule has 0 aromatic heterocycles. The molecule has 1 N–H and O–H groups in total. The number of carboxylic acids is 1. The number of methoxy groups -OCH3 is 1. The number of benzene rings is 1. The molecule has 20 heavy (non-hydrogen) atoms. The van der Waals surface area contributed by atoms with Crippen LogP contribution in [0.4, 0.5) is 4.39 Å². The third-order valence-corrected chi connectivity index (χ3v) is 2.29. The van der Waals surface area contributed by atoms with E-state index in [2.05, 4.69) is 0 Å². The van der Waals surface area contributed by atoms with Crippen molar-refractivity contribution in [1.82, 2.24) is 0 Å². The number of carbonyl (C=O) groups is 1. The molecule has 0 aliphatic heterocycles. The molecule has 0 fully saturated rings. The molecule has 0 radical (unpaired) electrons. The van der Waals surface area contributed by atoms with Crippen LogP contribution in [0.2, 0.25) is 0 Å². The summed E-state index contributed by atoms with van der Waals surface area (Å²) in [6.07, 6.45) is 2.21. The van der Waals surface area contributed by atoms with Crippen molar-refractivity contribution in [1.29, 1.82) is 0 Å². The summed E-state index contributed by atoms with van der Waals surface area (Å²) >= 11 is 0. The highest BCUT2D eigenvalue weighted by molar-refractivity contribution is 5.85. The van der Waals surface area contributed by atoms with E-state index >= 15 is 0 Å². The quantitative estimate of drug-likeness (QED) is 0.555. The van der Waals surface area contributed by atoms with Crippen LogP contribution >= 0.6 is 0 Å². The van der Waals surface area contributed by atoms with Gasteiger partial charge in [0.25, 0.3) is 0 Å². The number of aliphatic carboxylic acids is 1. The van der Waals surface area contributed by atoms with Crippen molar-refractivity contribution in [3.63, 3.8) is 0 Å². The molecule has 0 unspecified atom stereocenters. The molecular formula is C14H17FO5. The second kappa shape index (κ2) is 9.06. The van der Waals surface area contributed by atoms with E-state index < -0.39 is 11.8 Å². The van der Waals surface area contributed by atoms with Gasteiger partial charge in [0, 0.05) is 18.7 Å². The number of halogens is 1. The first-order chi connectivity index (χ1) is 9.63. The zero-order valence-electron chi connectivity index (χ0n) is 11.2. The van der Waals surface area contributed by atoms with E-state index in [9.17, 15) is 9.18 Å². The summed E-state index contributed by atoms with van der Waals surface area (Å²) in [6, 6.07) is 3.91. The maximum Gasteiger partial charge on any atom is 0.328 e. The number of rotatable bonds is 9. The Morgan fingerprint density at radius 3 is 2.75 bits per heavy atom. The largest absolute Gasteiger partial charge is 0.491 e. The predicted octanol–water partition coefficient (Wildman–Crippen LogP) is 1.97. The summed E-state index contributed by atoms with van der Waals surface area (Å²) in [4.78, 5) is 10.5. The minimum atomic E-state index is -1.11. The Hall–Kier alpha value is -1.92. The maximum atomic E-state index is 13.1. The van der Waals surface area contributed by atoms with Gasteiger partial charge in [0.1, 0.15) is 18.2 Å². The van der Waals surface area contributed by atoms with E-state index in [1.807, 2.05) is 0 Å². The van der Waals surface area contributed by atoms with E-state index in [0.717, 1.165) is 6.08 Å². The van der Waals surface area contributed by atoms with Crippen molar-refractivity contribution >= 4 is 12.0 Å². The fourth-order valence-electron chi connectivity index (χ4n) is 1.40. The fourth-order valence-corrected chi connectivity index (χ4v) is 1.40. The first kappa shape index (κ1) is 16.1. The summed E-state index contributed by atoms with van der Waals surface area (Å²) < 4.78 is 28.6. The van der Waals surface area contributed by atoms with Crippen LogP contribution in [0.1, 0.15) is 5.56 Å². The van der Waals surface area contributed by atoms with Crippen molar-refractivity contribution in [2.45, 2.75) is 0 Å². The Kier molecular flexibility index (Phi) is 7.31. The van der Waals surface area contributed by atoms with Crippen LogP contribution in [0.15, 0.2) is 24.3 Å². The van der Waals surface area contributed by atoms with Gasteiger partial charge in [0.15, 0.2) is 0 Å². The molecule has 0 bridgehead atoms. The van der Waals surface area contributed by atoms with Gasteiger partial charge in [0.05, 0.1) is 19.8 Å². The normalized spacial score (nSPS) is 10.9. The third kappa shape index (κ3) is 6.31. The van der Waals surface area contributed by atoms with E-state index in [1.165, 1.54) is 24.3 Å². The molecule has 1 aromatic rings. The summed E-state index contributed by atoms with van der Waals surface area (Å²) in [5.41, 5.74) is 0.365. The van der Waals surface area contributed by atoms with Gasteiger partial charge in [-0.1, -0.05) is 0 Å². The zero-order chi connectivity index (χ0) is 14.8. The van der Waals surface area contributed by atoms with Crippen molar-refractivity contribution in [3.05, 3.63) is 35.7 Å². The smallest absolute Gasteiger partial charge is 0.328 e. The molecule has 6 heteroatoms. The van der Waals surface area contributed by atoms with Crippen molar-refractivity contribution in [3.8, 4) is 5.75 Å². The first-order valence-corrected chi connectivity index (χ1v) is 6.03. The summed E-state index contributed by atoms with van der Waals surface area (Å²) in [6.45, 7) is 1.62. The Balaban J connectivity index is 2.53. The van der Waals surface area contributed by atoms with E-state index in [-0.39, 0.29) is 6.61 Å². The van der Waals surface area contributed by atoms with Crippen LogP contribution in [0, 0.1) is 5.82 Å². The van der Waals surface area contributed by atoms with Gasteiger partial charge in [-0.15, -0.1) is 0 Å². The molecule has 0 saturated heterocycles. The minimum Gasteiger partial charge on any atom is -0.491 e. The van der Waals surface area contributed by atoms with Crippen LogP contribution in [0.25, 0.3) is 6.08 Å². The lowest BCUT2D eigenvalue weighted by Crippen LogP contribution is -2.10. The SMILES string of the molecule is COCCOCCOc1ccc(F)cc1/C=C/C(=O)O. The minimum absolute atomic E-state index is 0.281. The number of hydrogen-bond acceptors (Lipinski definition) is 4. The third-order valence-electron chi connectivity index (χ3n) is 2.29. The zero-order valence-corrected chi connectivity index (χ0v) is 11.2. The molecule has 0 saturated carbocycles. The predicted molar refractivity (Wildman–Crippen MR) is 71.3 cm³/mol. The molecule has 5 nitrogen and oxygen atoms in total. The van der Waals surface area contributed by atoms with E-state index in [4.69, 9.17) is 19.3 Å². The lowest BCUT2D eigenvalue weighted by atomic mass is 10.2. The van der Waals surface area contributed by atoms with Gasteiger partial charge in [-0.3, -0.25) is 0 Å². The average Bonchev–Trinajstić information content (AvgIpc) is 2.42. The molecule has 0 amide bonds. The van der Waals surface area contributed by atoms with Crippen LogP contribution in [0.3, 0.4) is 0 Å². The highest BCUT2D eigenvalue weighted by atomic mass is 19.1. The first-order valence-electron chi connectivity index (χ1n) is 6.03. The maximum absolute atomic E-state index is 13.1. The summed E-state index contributed by atoms with van der Waals surface area (Å²) in [5, 5.41) is 8.58. The van der Waals surface area contributed by atoms with Gasteiger partial charge in [-0.25, -0.2) is 9.18 Å². The number of ether oxygens (including phenoxy) is 3. The van der Waals surface area contributed by atoms with Crippen LogP contribution < -0.4 is 4.74 Å². The molecule has 0 aliphatic carbocycles. The Bertz CT molecular complexity index is 459. The molecule has 0 spiro atoms.